The van der Waals surface area contributed by atoms with E-state index in [9.17, 15) is 14.7 Å². The number of fused-ring (bicyclic) bond motifs is 1. The van der Waals surface area contributed by atoms with E-state index >= 15 is 0 Å². The number of ether oxygens (including phenoxy) is 1. The first-order chi connectivity index (χ1) is 17.3. The molecule has 2 rings (SSSR count). The molecule has 0 aliphatic carbocycles. The molecule has 36 heavy (non-hydrogen) atoms. The molecular weight excluding hydrogens is 492 g/mol. The highest BCUT2D eigenvalue weighted by molar-refractivity contribution is 8.13. The molecule has 0 saturated carbocycles. The van der Waals surface area contributed by atoms with E-state index in [1.165, 1.54) is 5.57 Å². The fourth-order valence-electron chi connectivity index (χ4n) is 3.63. The van der Waals surface area contributed by atoms with Gasteiger partial charge >= 0.3 is 0 Å². The Morgan fingerprint density at radius 2 is 2.08 bits per heavy atom. The zero-order chi connectivity index (χ0) is 26.5. The van der Waals surface area contributed by atoms with Crippen LogP contribution in [0.2, 0.25) is 0 Å². The van der Waals surface area contributed by atoms with Gasteiger partial charge in [-0.1, -0.05) is 55.5 Å². The summed E-state index contributed by atoms with van der Waals surface area (Å²) in [5, 5.41) is 15.2. The van der Waals surface area contributed by atoms with Gasteiger partial charge in [-0.05, 0) is 49.8 Å². The normalized spacial score (nSPS) is 14.8. The predicted molar refractivity (Wildman–Crippen MR) is 154 cm³/mol. The van der Waals surface area contributed by atoms with Crippen LogP contribution in [0.15, 0.2) is 63.8 Å². The third kappa shape index (κ3) is 8.99. The van der Waals surface area contributed by atoms with Crippen molar-refractivity contribution < 1.29 is 19.4 Å². The lowest BCUT2D eigenvalue weighted by Crippen LogP contribution is -2.31. The maximum atomic E-state index is 12.1. The predicted octanol–water partition coefficient (Wildman–Crippen LogP) is 6.66. The van der Waals surface area contributed by atoms with Crippen molar-refractivity contribution in [2.45, 2.75) is 52.2 Å². The van der Waals surface area contributed by atoms with E-state index in [1.54, 1.807) is 25.3 Å². The number of carbonyl (C=O) groups excluding carboxylic acids is 2. The molecule has 194 valence electrons. The number of allylic oxidation sites excluding steroid dienone is 5. The van der Waals surface area contributed by atoms with Gasteiger partial charge in [0.25, 0.3) is 0 Å². The first-order valence-corrected chi connectivity index (χ1v) is 13.8. The lowest BCUT2D eigenvalue weighted by molar-refractivity contribution is -0.120. The summed E-state index contributed by atoms with van der Waals surface area (Å²) in [6.45, 7) is 8.22. The van der Waals surface area contributed by atoms with E-state index in [0.717, 1.165) is 39.6 Å². The minimum absolute atomic E-state index is 0.135. The number of rotatable bonds is 14. The Kier molecular flexibility index (Phi) is 12.5. The Labute approximate surface area is 222 Å². The summed E-state index contributed by atoms with van der Waals surface area (Å²) >= 11 is 2.56. The van der Waals surface area contributed by atoms with Crippen LogP contribution in [-0.2, 0) is 16.0 Å². The molecule has 8 heteroatoms. The Morgan fingerprint density at radius 1 is 1.31 bits per heavy atom. The lowest BCUT2D eigenvalue weighted by atomic mass is 10.1. The van der Waals surface area contributed by atoms with E-state index in [0.29, 0.717) is 30.8 Å². The molecular formula is C28H36N2O4S2. The second-order valence-electron chi connectivity index (χ2n) is 8.41. The van der Waals surface area contributed by atoms with Crippen LogP contribution < -0.4 is 10.1 Å². The van der Waals surface area contributed by atoms with E-state index in [1.807, 2.05) is 29.8 Å². The summed E-state index contributed by atoms with van der Waals surface area (Å²) in [5.74, 6) is 0.880. The molecule has 2 atom stereocenters. The lowest BCUT2D eigenvalue weighted by Gasteiger charge is -2.14. The van der Waals surface area contributed by atoms with Crippen molar-refractivity contribution in [2.24, 2.45) is 10.9 Å². The van der Waals surface area contributed by atoms with Gasteiger partial charge in [0.05, 0.1) is 17.6 Å². The molecule has 6 nitrogen and oxygen atoms in total. The van der Waals surface area contributed by atoms with Crippen LogP contribution in [-0.4, -0.2) is 41.8 Å². The third-order valence-corrected chi connectivity index (χ3v) is 7.25. The van der Waals surface area contributed by atoms with Crippen LogP contribution in [0.3, 0.4) is 0 Å². The molecule has 2 N–H and O–H groups in total. The summed E-state index contributed by atoms with van der Waals surface area (Å²) in [6.07, 6.45) is 10.1. The van der Waals surface area contributed by atoms with Gasteiger partial charge in [-0.2, -0.15) is 0 Å². The fraction of sp³-hybridized carbons (Fsp3) is 0.393. The molecule has 0 aliphatic heterocycles. The van der Waals surface area contributed by atoms with E-state index in [4.69, 9.17) is 4.74 Å². The first-order valence-electron chi connectivity index (χ1n) is 12.0. The van der Waals surface area contributed by atoms with Gasteiger partial charge in [0.2, 0.25) is 5.91 Å². The van der Waals surface area contributed by atoms with E-state index in [2.05, 4.69) is 49.3 Å². The number of aliphatic imine (C=N–C) groups is 1. The average Bonchev–Trinajstić information content (AvgIpc) is 3.35. The van der Waals surface area contributed by atoms with Crippen molar-refractivity contribution in [2.75, 3.05) is 13.7 Å². The van der Waals surface area contributed by atoms with Crippen molar-refractivity contribution >= 4 is 50.9 Å². The second-order valence-corrected chi connectivity index (χ2v) is 10.4. The van der Waals surface area contributed by atoms with Crippen molar-refractivity contribution in [3.05, 3.63) is 64.4 Å². The minimum atomic E-state index is -0.480. The monoisotopic (exact) mass is 528 g/mol. The summed E-state index contributed by atoms with van der Waals surface area (Å²) in [7, 11) is 1.57. The average molecular weight is 529 g/mol. The molecule has 0 radical (unpaired) electrons. The van der Waals surface area contributed by atoms with Gasteiger partial charge in [0.15, 0.2) is 5.62 Å². The highest BCUT2D eigenvalue weighted by atomic mass is 32.2. The van der Waals surface area contributed by atoms with Crippen molar-refractivity contribution in [3.63, 3.8) is 0 Å². The highest BCUT2D eigenvalue weighted by Crippen LogP contribution is 2.34. The number of carbonyl (C=O) groups is 2. The largest absolute Gasteiger partial charge is 0.511 e. The molecule has 1 aromatic carbocycles. The van der Waals surface area contributed by atoms with Crippen LogP contribution in [0.25, 0.3) is 10.1 Å². The zero-order valence-electron chi connectivity index (χ0n) is 21.6. The Morgan fingerprint density at radius 3 is 2.75 bits per heavy atom. The smallest absolute Gasteiger partial charge is 0.233 e. The molecule has 1 heterocycles. The molecule has 0 aliphatic rings. The molecule has 2 aromatic rings. The van der Waals surface area contributed by atoms with Gasteiger partial charge in [-0.25, -0.2) is 0 Å². The van der Waals surface area contributed by atoms with Crippen molar-refractivity contribution in [3.8, 4) is 5.75 Å². The van der Waals surface area contributed by atoms with Gasteiger partial charge in [0, 0.05) is 35.7 Å². The van der Waals surface area contributed by atoms with Crippen LogP contribution in [0.5, 0.6) is 5.75 Å². The van der Waals surface area contributed by atoms with Crippen molar-refractivity contribution in [1.82, 2.24) is 5.32 Å². The van der Waals surface area contributed by atoms with Gasteiger partial charge in [-0.15, -0.1) is 11.3 Å². The standard InChI is InChI=1S/C28H36N2O4S2/c1-6-7-8-19(2)15-20(3)17-30-24(21(4)32)11-13-34-25-10-9-22(27-23(25)12-14-35-27)16-26(36-18-31)28(33)29-5/h7-10,12,14-15,17-18,20,26,32H,6,11,13,16H2,1-5H3,(H,29,33)/b8-7-,19-15-,24-21-,30-17?. The number of thiophene rings is 1. The Hall–Kier alpha value is -2.84. The summed E-state index contributed by atoms with van der Waals surface area (Å²) in [5.41, 5.74) is 3.48. The number of nitrogens with one attached hydrogen (secondary N) is 1. The fourth-order valence-corrected chi connectivity index (χ4v) is 5.22. The van der Waals surface area contributed by atoms with Crippen LogP contribution in [0.1, 0.15) is 46.1 Å². The molecule has 0 saturated heterocycles. The second kappa shape index (κ2) is 15.3. The van der Waals surface area contributed by atoms with Crippen LogP contribution in [0.4, 0.5) is 0 Å². The maximum Gasteiger partial charge on any atom is 0.233 e. The maximum absolute atomic E-state index is 12.1. The van der Waals surface area contributed by atoms with E-state index < -0.39 is 5.25 Å². The summed E-state index contributed by atoms with van der Waals surface area (Å²) < 4.78 is 7.11. The minimum Gasteiger partial charge on any atom is -0.511 e. The topological polar surface area (TPSA) is 88.0 Å². The molecule has 0 bridgehead atoms. The van der Waals surface area contributed by atoms with Gasteiger partial charge in [0.1, 0.15) is 11.5 Å². The number of hydrogen-bond donors (Lipinski definition) is 2. The number of benzene rings is 1. The number of amides is 1. The zero-order valence-corrected chi connectivity index (χ0v) is 23.2. The van der Waals surface area contributed by atoms with E-state index in [-0.39, 0.29) is 17.6 Å². The molecule has 1 aromatic heterocycles. The Balaban J connectivity index is 2.08. The summed E-state index contributed by atoms with van der Waals surface area (Å²) in [4.78, 5) is 27.7. The third-order valence-electron chi connectivity index (χ3n) is 5.44. The number of hydrogen-bond acceptors (Lipinski definition) is 7. The van der Waals surface area contributed by atoms with Crippen LogP contribution in [0, 0.1) is 5.92 Å². The SMILES string of the molecule is CC/C=C\C(C)=C/C(C)C=N/C(CCOc1ccc(CC(SC=O)C(=O)NC)c2sccc12)=C(/C)O. The van der Waals surface area contributed by atoms with Crippen LogP contribution >= 0.6 is 23.1 Å². The van der Waals surface area contributed by atoms with Gasteiger partial charge in [-0.3, -0.25) is 14.6 Å². The first kappa shape index (κ1) is 29.4. The molecule has 0 spiro atoms. The summed E-state index contributed by atoms with van der Waals surface area (Å²) in [6, 6.07) is 5.84. The Bertz CT molecular complexity index is 1140. The van der Waals surface area contributed by atoms with Gasteiger partial charge < -0.3 is 15.2 Å². The number of aliphatic hydroxyl groups excluding tert-OH is 1. The number of aliphatic hydroxyl groups is 1. The quantitative estimate of drug-likeness (QED) is 0.124. The van der Waals surface area contributed by atoms with Crippen molar-refractivity contribution in [1.29, 1.82) is 0 Å². The molecule has 0 fully saturated rings. The number of thioether (sulfide) groups is 1. The highest BCUT2D eigenvalue weighted by Gasteiger charge is 2.20. The number of nitrogens with zero attached hydrogens (tertiary/aromatic N) is 1. The molecule has 2 unspecified atom stereocenters. The molecule has 1 amide bonds.